The zero-order valence-corrected chi connectivity index (χ0v) is 25.9. The lowest BCUT2D eigenvalue weighted by molar-refractivity contribution is -0.127. The van der Waals surface area contributed by atoms with Gasteiger partial charge in [0.1, 0.15) is 11.0 Å². The molecule has 5 heterocycles. The van der Waals surface area contributed by atoms with Crippen LogP contribution in [0.4, 0.5) is 22.5 Å². The van der Waals surface area contributed by atoms with E-state index in [2.05, 4.69) is 27.1 Å². The van der Waals surface area contributed by atoms with Crippen molar-refractivity contribution >= 4 is 57.2 Å². The van der Waals surface area contributed by atoms with Crippen molar-refractivity contribution in [1.82, 2.24) is 19.9 Å². The molecule has 1 fully saturated rings. The van der Waals surface area contributed by atoms with Gasteiger partial charge in [-0.25, -0.2) is 15.0 Å². The summed E-state index contributed by atoms with van der Waals surface area (Å²) in [7, 11) is 1.56. The maximum absolute atomic E-state index is 12.9. The Morgan fingerprint density at radius 3 is 2.82 bits per heavy atom. The molecule has 0 bridgehead atoms. The molecule has 1 saturated heterocycles. The van der Waals surface area contributed by atoms with Crippen molar-refractivity contribution in [2.75, 3.05) is 42.3 Å². The lowest BCUT2D eigenvalue weighted by Gasteiger charge is -2.47. The lowest BCUT2D eigenvalue weighted by atomic mass is 10.0. The predicted molar refractivity (Wildman–Crippen MR) is 172 cm³/mol. The number of benzene rings is 1. The first kappa shape index (κ1) is 29.4. The van der Waals surface area contributed by atoms with Crippen LogP contribution in [-0.4, -0.2) is 70.6 Å². The van der Waals surface area contributed by atoms with Crippen LogP contribution in [0.1, 0.15) is 22.2 Å². The summed E-state index contributed by atoms with van der Waals surface area (Å²) >= 11 is 7.46. The summed E-state index contributed by atoms with van der Waals surface area (Å²) < 4.78 is 11.8. The van der Waals surface area contributed by atoms with E-state index in [0.717, 1.165) is 16.9 Å². The Balaban J connectivity index is 1.21. The second kappa shape index (κ2) is 12.1. The number of rotatable bonds is 7. The summed E-state index contributed by atoms with van der Waals surface area (Å²) in [5, 5.41) is 6.99. The highest BCUT2D eigenvalue weighted by atomic mass is 35.5. The maximum atomic E-state index is 12.9. The molecule has 2 aliphatic rings. The number of nitrogens with zero attached hydrogens (tertiary/aromatic N) is 5. The maximum Gasteiger partial charge on any atom is 0.267 e. The number of ether oxygens (including phenoxy) is 2. The molecule has 6 rings (SSSR count). The quantitative estimate of drug-likeness (QED) is 0.253. The van der Waals surface area contributed by atoms with Crippen molar-refractivity contribution in [3.63, 3.8) is 0 Å². The molecule has 2 atom stereocenters. The third-order valence-electron chi connectivity index (χ3n) is 7.65. The van der Waals surface area contributed by atoms with Gasteiger partial charge in [-0.15, -0.1) is 0 Å². The molecule has 2 amide bonds. The second-order valence-corrected chi connectivity index (χ2v) is 11.8. The lowest BCUT2D eigenvalue weighted by Crippen LogP contribution is -2.61. The Labute approximate surface area is 263 Å². The van der Waals surface area contributed by atoms with Crippen LogP contribution < -0.4 is 25.0 Å². The first-order chi connectivity index (χ1) is 21.2. The average molecular weight is 632 g/mol. The molecule has 226 valence electrons. The number of hydrogen-bond acceptors (Lipinski definition) is 10. The molecule has 2 unspecified atom stereocenters. The number of halogens is 1. The van der Waals surface area contributed by atoms with Crippen molar-refractivity contribution in [1.29, 1.82) is 0 Å². The van der Waals surface area contributed by atoms with E-state index >= 15 is 0 Å². The van der Waals surface area contributed by atoms with Crippen molar-refractivity contribution in [2.24, 2.45) is 0 Å². The van der Waals surface area contributed by atoms with Crippen molar-refractivity contribution in [3.05, 3.63) is 76.9 Å². The number of thiazole rings is 1. The largest absolute Gasteiger partial charge is 0.493 e. The number of methoxy groups -OCH3 is 1. The minimum atomic E-state index is -0.314. The van der Waals surface area contributed by atoms with Gasteiger partial charge in [-0.3, -0.25) is 9.59 Å². The summed E-state index contributed by atoms with van der Waals surface area (Å²) in [5.74, 6) is 1.95. The molecule has 0 saturated carbocycles. The van der Waals surface area contributed by atoms with Crippen LogP contribution >= 0.6 is 22.9 Å². The minimum Gasteiger partial charge on any atom is -0.493 e. The van der Waals surface area contributed by atoms with E-state index in [-0.39, 0.29) is 24.0 Å². The number of para-hydroxylation sites is 1. The third-order valence-corrected chi connectivity index (χ3v) is 8.88. The summed E-state index contributed by atoms with van der Waals surface area (Å²) in [5.41, 5.74) is 2.83. The van der Waals surface area contributed by atoms with Crippen LogP contribution in [0.25, 0.3) is 11.3 Å². The van der Waals surface area contributed by atoms with E-state index in [4.69, 9.17) is 31.0 Å². The number of aryl methyl sites for hydroxylation is 1. The zero-order valence-electron chi connectivity index (χ0n) is 24.3. The molecular formula is C31H30ClN7O4S. The molecule has 0 spiro atoms. The monoisotopic (exact) mass is 631 g/mol. The number of amides is 2. The highest BCUT2D eigenvalue weighted by Gasteiger charge is 2.39. The normalized spacial score (nSPS) is 17.2. The number of fused-ring (bicyclic) bond motifs is 3. The molecule has 0 radical (unpaired) electrons. The van der Waals surface area contributed by atoms with Gasteiger partial charge in [0, 0.05) is 31.4 Å². The number of carbonyl (C=O) groups is 2. The van der Waals surface area contributed by atoms with Gasteiger partial charge in [0.05, 0.1) is 35.8 Å². The van der Waals surface area contributed by atoms with Crippen LogP contribution in [0.15, 0.2) is 61.4 Å². The molecule has 4 aromatic rings. The van der Waals surface area contributed by atoms with Crippen molar-refractivity contribution < 1.29 is 19.1 Å². The number of nitrogens with one attached hydrogen (secondary N) is 2. The molecule has 2 N–H and O–H groups in total. The van der Waals surface area contributed by atoms with Gasteiger partial charge in [-0.05, 0) is 49.8 Å². The number of pyridine rings is 2. The Morgan fingerprint density at radius 1 is 1.20 bits per heavy atom. The molecular weight excluding hydrogens is 602 g/mol. The highest BCUT2D eigenvalue weighted by molar-refractivity contribution is 7.17. The fourth-order valence-electron chi connectivity index (χ4n) is 5.33. The van der Waals surface area contributed by atoms with E-state index in [1.54, 1.807) is 30.3 Å². The number of piperazine rings is 1. The molecule has 44 heavy (non-hydrogen) atoms. The topological polar surface area (TPSA) is 122 Å². The number of anilines is 4. The van der Waals surface area contributed by atoms with E-state index < -0.39 is 0 Å². The van der Waals surface area contributed by atoms with Gasteiger partial charge in [-0.1, -0.05) is 41.6 Å². The summed E-state index contributed by atoms with van der Waals surface area (Å²) in [6, 6.07) is 11.0. The standard InChI is InChI=1S/C31H30ClN7O4S/c1-5-26(40)38-11-12-39-22(16-38)18(3)43-24-13-19(14-33-29(24)39)21-9-10-23(42-4)28(35-21)37-31-34-15-25(44-31)30(41)36-27-17(2)7-6-8-20(27)32/h5-10,13-15,18,22H,1,11-12,16H2,2-4H3,(H,36,41)(H,34,35,37). The van der Waals surface area contributed by atoms with Gasteiger partial charge in [0.25, 0.3) is 5.91 Å². The second-order valence-electron chi connectivity index (χ2n) is 10.4. The van der Waals surface area contributed by atoms with Crippen LogP contribution in [0, 0.1) is 6.92 Å². The SMILES string of the molecule is C=CC(=O)N1CCN2c3ncc(-c4ccc(OC)c(Nc5ncc(C(=O)Nc6c(C)cccc6Cl)s5)n4)cc3OC(C)C2C1. The highest BCUT2D eigenvalue weighted by Crippen LogP contribution is 2.39. The molecule has 3 aromatic heterocycles. The molecule has 2 aliphatic heterocycles. The minimum absolute atomic E-state index is 0.00705. The molecule has 1 aromatic carbocycles. The van der Waals surface area contributed by atoms with E-state index in [9.17, 15) is 9.59 Å². The van der Waals surface area contributed by atoms with Gasteiger partial charge in [-0.2, -0.15) is 0 Å². The predicted octanol–water partition coefficient (Wildman–Crippen LogP) is 5.55. The number of carbonyl (C=O) groups excluding carboxylic acids is 2. The van der Waals surface area contributed by atoms with Crippen molar-refractivity contribution in [2.45, 2.75) is 26.0 Å². The summed E-state index contributed by atoms with van der Waals surface area (Å²) in [6.45, 7) is 9.27. The number of aromatic nitrogens is 3. The Morgan fingerprint density at radius 2 is 2.05 bits per heavy atom. The fourth-order valence-corrected chi connectivity index (χ4v) is 6.31. The fraction of sp³-hybridized carbons (Fsp3) is 0.258. The molecule has 13 heteroatoms. The summed E-state index contributed by atoms with van der Waals surface area (Å²) in [6.07, 6.45) is 4.45. The van der Waals surface area contributed by atoms with Gasteiger partial charge in [0.15, 0.2) is 28.3 Å². The molecule has 0 aliphatic carbocycles. The smallest absolute Gasteiger partial charge is 0.267 e. The van der Waals surface area contributed by atoms with E-state index in [0.29, 0.717) is 63.4 Å². The van der Waals surface area contributed by atoms with Crippen LogP contribution in [0.3, 0.4) is 0 Å². The zero-order chi connectivity index (χ0) is 31.0. The average Bonchev–Trinajstić information content (AvgIpc) is 3.50. The third kappa shape index (κ3) is 5.65. The Bertz CT molecular complexity index is 1740. The van der Waals surface area contributed by atoms with Crippen molar-refractivity contribution in [3.8, 4) is 22.8 Å². The Hall–Kier alpha value is -4.68. The van der Waals surface area contributed by atoms with Crippen LogP contribution in [-0.2, 0) is 4.79 Å². The first-order valence-electron chi connectivity index (χ1n) is 13.9. The van der Waals surface area contributed by atoms with Gasteiger partial charge >= 0.3 is 0 Å². The number of hydrogen-bond donors (Lipinski definition) is 2. The van der Waals surface area contributed by atoms with Gasteiger partial charge in [0.2, 0.25) is 5.91 Å². The summed E-state index contributed by atoms with van der Waals surface area (Å²) in [4.78, 5) is 43.4. The van der Waals surface area contributed by atoms with Crippen LogP contribution in [0.2, 0.25) is 5.02 Å². The Kier molecular flexibility index (Phi) is 8.11. The van der Waals surface area contributed by atoms with Gasteiger partial charge < -0.3 is 29.9 Å². The molecule has 11 nitrogen and oxygen atoms in total. The first-order valence-corrected chi connectivity index (χ1v) is 15.1. The van der Waals surface area contributed by atoms with E-state index in [1.807, 2.05) is 38.1 Å². The van der Waals surface area contributed by atoms with Crippen LogP contribution in [0.5, 0.6) is 11.5 Å². The van der Waals surface area contributed by atoms with E-state index in [1.165, 1.54) is 23.6 Å².